The number of para-hydroxylation sites is 1. The molecular weight excluding hydrogens is 426 g/mol. The SMILES string of the molecule is CCn1c(SCc2nc(N)c3ccccc3n2)nc2ccc(Br)cc2c1=O. The number of hydrogen-bond donors (Lipinski definition) is 1. The maximum absolute atomic E-state index is 12.8. The molecule has 0 unspecified atom stereocenters. The fourth-order valence-electron chi connectivity index (χ4n) is 2.91. The number of benzene rings is 2. The molecule has 27 heavy (non-hydrogen) atoms. The summed E-state index contributed by atoms with van der Waals surface area (Å²) in [4.78, 5) is 26.4. The van der Waals surface area contributed by atoms with Crippen molar-refractivity contribution in [2.24, 2.45) is 0 Å². The van der Waals surface area contributed by atoms with Crippen molar-refractivity contribution in [2.45, 2.75) is 24.4 Å². The second kappa shape index (κ2) is 7.28. The molecule has 8 heteroatoms. The predicted octanol–water partition coefficient (Wildman–Crippen LogP) is 4.00. The van der Waals surface area contributed by atoms with E-state index in [0.717, 1.165) is 15.4 Å². The molecule has 0 saturated carbocycles. The van der Waals surface area contributed by atoms with Crippen LogP contribution in [0.5, 0.6) is 0 Å². The van der Waals surface area contributed by atoms with Crippen molar-refractivity contribution in [1.29, 1.82) is 0 Å². The summed E-state index contributed by atoms with van der Waals surface area (Å²) < 4.78 is 2.53. The van der Waals surface area contributed by atoms with E-state index >= 15 is 0 Å². The van der Waals surface area contributed by atoms with Gasteiger partial charge < -0.3 is 5.73 Å². The van der Waals surface area contributed by atoms with Crippen molar-refractivity contribution < 1.29 is 0 Å². The molecule has 2 heterocycles. The molecule has 0 bridgehead atoms. The summed E-state index contributed by atoms with van der Waals surface area (Å²) >= 11 is 4.84. The average Bonchev–Trinajstić information content (AvgIpc) is 2.67. The second-order valence-electron chi connectivity index (χ2n) is 5.94. The van der Waals surface area contributed by atoms with Crippen molar-refractivity contribution >= 4 is 55.3 Å². The van der Waals surface area contributed by atoms with Gasteiger partial charge in [-0.15, -0.1) is 0 Å². The minimum atomic E-state index is -0.0507. The Morgan fingerprint density at radius 1 is 1.07 bits per heavy atom. The summed E-state index contributed by atoms with van der Waals surface area (Å²) in [5.74, 6) is 1.55. The van der Waals surface area contributed by atoms with Crippen molar-refractivity contribution in [3.8, 4) is 0 Å². The lowest BCUT2D eigenvalue weighted by molar-refractivity contribution is 0.634. The van der Waals surface area contributed by atoms with Crippen LogP contribution in [0.4, 0.5) is 5.82 Å². The lowest BCUT2D eigenvalue weighted by Crippen LogP contribution is -2.22. The fourth-order valence-corrected chi connectivity index (χ4v) is 4.19. The molecule has 4 rings (SSSR count). The number of anilines is 1. The van der Waals surface area contributed by atoms with E-state index in [-0.39, 0.29) is 5.56 Å². The molecule has 136 valence electrons. The van der Waals surface area contributed by atoms with Gasteiger partial charge in [0.25, 0.3) is 5.56 Å². The Balaban J connectivity index is 1.71. The molecule has 2 N–H and O–H groups in total. The van der Waals surface area contributed by atoms with Crippen LogP contribution in [0.2, 0.25) is 0 Å². The second-order valence-corrected chi connectivity index (χ2v) is 7.79. The predicted molar refractivity (Wildman–Crippen MR) is 113 cm³/mol. The highest BCUT2D eigenvalue weighted by Crippen LogP contribution is 2.24. The highest BCUT2D eigenvalue weighted by Gasteiger charge is 2.12. The van der Waals surface area contributed by atoms with Gasteiger partial charge in [-0.2, -0.15) is 0 Å². The number of fused-ring (bicyclic) bond motifs is 2. The highest BCUT2D eigenvalue weighted by molar-refractivity contribution is 9.10. The van der Waals surface area contributed by atoms with Crippen LogP contribution in [0.3, 0.4) is 0 Å². The Labute approximate surface area is 168 Å². The first-order chi connectivity index (χ1) is 13.1. The minimum absolute atomic E-state index is 0.0507. The first-order valence-corrected chi connectivity index (χ1v) is 10.2. The van der Waals surface area contributed by atoms with E-state index in [4.69, 9.17) is 5.73 Å². The lowest BCUT2D eigenvalue weighted by atomic mass is 10.2. The summed E-state index contributed by atoms with van der Waals surface area (Å²) in [6.45, 7) is 2.47. The number of halogens is 1. The van der Waals surface area contributed by atoms with Gasteiger partial charge in [-0.25, -0.2) is 15.0 Å². The fraction of sp³-hybridized carbons (Fsp3) is 0.158. The molecule has 0 aliphatic rings. The van der Waals surface area contributed by atoms with Gasteiger partial charge in [0, 0.05) is 16.4 Å². The molecule has 0 aliphatic heterocycles. The van der Waals surface area contributed by atoms with Gasteiger partial charge in [-0.05, 0) is 37.3 Å². The number of aromatic nitrogens is 4. The van der Waals surface area contributed by atoms with E-state index in [1.165, 1.54) is 11.8 Å². The van der Waals surface area contributed by atoms with Crippen molar-refractivity contribution in [2.75, 3.05) is 5.73 Å². The largest absolute Gasteiger partial charge is 0.383 e. The van der Waals surface area contributed by atoms with E-state index in [1.807, 2.05) is 43.3 Å². The molecule has 2 aromatic heterocycles. The monoisotopic (exact) mass is 441 g/mol. The Bertz CT molecular complexity index is 1220. The van der Waals surface area contributed by atoms with Crippen LogP contribution < -0.4 is 11.3 Å². The zero-order chi connectivity index (χ0) is 19.0. The minimum Gasteiger partial charge on any atom is -0.383 e. The third-order valence-electron chi connectivity index (χ3n) is 4.21. The average molecular weight is 442 g/mol. The highest BCUT2D eigenvalue weighted by atomic mass is 79.9. The molecule has 6 nitrogen and oxygen atoms in total. The number of nitrogens with zero attached hydrogens (tertiary/aromatic N) is 4. The Morgan fingerprint density at radius 2 is 1.85 bits per heavy atom. The molecule has 0 atom stereocenters. The van der Waals surface area contributed by atoms with Crippen molar-refractivity contribution in [3.63, 3.8) is 0 Å². The summed E-state index contributed by atoms with van der Waals surface area (Å²) in [6, 6.07) is 13.2. The van der Waals surface area contributed by atoms with Gasteiger partial charge in [-0.1, -0.05) is 39.8 Å². The summed E-state index contributed by atoms with van der Waals surface area (Å²) in [5.41, 5.74) is 7.49. The van der Waals surface area contributed by atoms with Crippen LogP contribution >= 0.6 is 27.7 Å². The lowest BCUT2D eigenvalue weighted by Gasteiger charge is -2.11. The molecule has 0 aliphatic carbocycles. The third kappa shape index (κ3) is 3.42. The van der Waals surface area contributed by atoms with E-state index < -0.39 is 0 Å². The first-order valence-electron chi connectivity index (χ1n) is 8.41. The Kier molecular flexibility index (Phi) is 4.84. The van der Waals surface area contributed by atoms with Crippen LogP contribution in [0.15, 0.2) is 56.9 Å². The molecule has 4 aromatic rings. The summed E-state index contributed by atoms with van der Waals surface area (Å²) in [7, 11) is 0. The Morgan fingerprint density at radius 3 is 2.67 bits per heavy atom. The zero-order valence-corrected chi connectivity index (χ0v) is 16.9. The van der Waals surface area contributed by atoms with Crippen LogP contribution in [0.1, 0.15) is 12.7 Å². The third-order valence-corrected chi connectivity index (χ3v) is 5.67. The quantitative estimate of drug-likeness (QED) is 0.380. The molecular formula is C19H16BrN5OS. The van der Waals surface area contributed by atoms with Gasteiger partial charge in [0.1, 0.15) is 11.6 Å². The summed E-state index contributed by atoms with van der Waals surface area (Å²) in [6.07, 6.45) is 0. The van der Waals surface area contributed by atoms with Crippen LogP contribution in [-0.4, -0.2) is 19.5 Å². The van der Waals surface area contributed by atoms with Crippen molar-refractivity contribution in [3.05, 3.63) is 63.1 Å². The topological polar surface area (TPSA) is 86.7 Å². The molecule has 0 amide bonds. The van der Waals surface area contributed by atoms with E-state index in [9.17, 15) is 4.79 Å². The number of nitrogens with two attached hydrogens (primary N) is 1. The number of rotatable bonds is 4. The molecule has 0 fully saturated rings. The van der Waals surface area contributed by atoms with Crippen LogP contribution in [0.25, 0.3) is 21.8 Å². The number of nitrogen functional groups attached to an aromatic ring is 1. The molecule has 0 spiro atoms. The number of thioether (sulfide) groups is 1. The maximum Gasteiger partial charge on any atom is 0.262 e. The van der Waals surface area contributed by atoms with E-state index in [1.54, 1.807) is 10.6 Å². The molecule has 0 saturated heterocycles. The van der Waals surface area contributed by atoms with Gasteiger partial charge in [0.15, 0.2) is 5.16 Å². The standard InChI is InChI=1S/C19H16BrN5OS/c1-2-25-18(26)13-9-11(20)7-8-15(13)23-19(25)27-10-16-22-14-6-4-3-5-12(14)17(21)24-16/h3-9H,2,10H2,1H3,(H2,21,22,24). The smallest absolute Gasteiger partial charge is 0.262 e. The maximum atomic E-state index is 12.8. The first kappa shape index (κ1) is 17.9. The normalized spacial score (nSPS) is 11.3. The van der Waals surface area contributed by atoms with Crippen molar-refractivity contribution in [1.82, 2.24) is 19.5 Å². The van der Waals surface area contributed by atoms with Crippen LogP contribution in [-0.2, 0) is 12.3 Å². The van der Waals surface area contributed by atoms with E-state index in [2.05, 4.69) is 30.9 Å². The van der Waals surface area contributed by atoms with Gasteiger partial charge >= 0.3 is 0 Å². The van der Waals surface area contributed by atoms with Gasteiger partial charge in [-0.3, -0.25) is 9.36 Å². The molecule has 2 aromatic carbocycles. The van der Waals surface area contributed by atoms with Gasteiger partial charge in [0.2, 0.25) is 0 Å². The van der Waals surface area contributed by atoms with Crippen LogP contribution in [0, 0.1) is 0 Å². The van der Waals surface area contributed by atoms with Gasteiger partial charge in [0.05, 0.1) is 22.2 Å². The Hall–Kier alpha value is -2.45. The molecule has 0 radical (unpaired) electrons. The summed E-state index contributed by atoms with van der Waals surface area (Å²) in [5, 5.41) is 2.08. The zero-order valence-electron chi connectivity index (χ0n) is 14.5. The van der Waals surface area contributed by atoms with E-state index in [0.29, 0.717) is 40.0 Å². The number of hydrogen-bond acceptors (Lipinski definition) is 6.